The number of carbonyl (C=O) groups is 1. The maximum Gasteiger partial charge on any atom is 0.264 e. The highest BCUT2D eigenvalue weighted by Gasteiger charge is 2.44. The van der Waals surface area contributed by atoms with Gasteiger partial charge in [0, 0.05) is 29.1 Å². The fourth-order valence-corrected chi connectivity index (χ4v) is 9.85. The number of amides is 1. The number of allylic oxidation sites excluding steroid dienone is 1. The Morgan fingerprint density at radius 1 is 1.05 bits per heavy atom. The standard InChI is InChI=1S/C33H39ClN2O5S/c34-25-9-11-28-22(16-25)4-2-14-33(28)19-36-18-24-7-10-27(24)30(37)12-6-21-3-1-5-26(15-21)42(39,40)35-32(38)23-8-13-31(41-20-33)29(36)17-23/h6,8-9,11-13,16-17,21,24,26-27,30,37H,1-5,7,10,14-15,18-20H2,(H,35,38)/b12-6+/t21?,24-,26-,27+,30-,33-/m0/s1. The molecule has 5 aliphatic rings. The third kappa shape index (κ3) is 5.13. The summed E-state index contributed by atoms with van der Waals surface area (Å²) in [5.74, 6) is 0.608. The minimum atomic E-state index is -3.85. The number of rotatable bonds is 0. The highest BCUT2D eigenvalue weighted by molar-refractivity contribution is 7.90. The molecule has 224 valence electrons. The van der Waals surface area contributed by atoms with Gasteiger partial charge in [-0.2, -0.15) is 0 Å². The number of nitrogens with one attached hydrogen (secondary N) is 1. The van der Waals surface area contributed by atoms with E-state index in [-0.39, 0.29) is 17.3 Å². The average molecular weight is 611 g/mol. The first-order valence-corrected chi connectivity index (χ1v) is 17.4. The Morgan fingerprint density at radius 3 is 2.76 bits per heavy atom. The van der Waals surface area contributed by atoms with Crippen molar-refractivity contribution in [3.05, 3.63) is 70.3 Å². The molecule has 2 saturated carbocycles. The molecule has 3 aliphatic carbocycles. The molecule has 2 aromatic rings. The Kier molecular flexibility index (Phi) is 7.30. The van der Waals surface area contributed by atoms with Crippen LogP contribution < -0.4 is 14.4 Å². The van der Waals surface area contributed by atoms with Gasteiger partial charge in [-0.05, 0) is 111 Å². The number of anilines is 1. The van der Waals surface area contributed by atoms with Crippen molar-refractivity contribution in [1.82, 2.24) is 4.72 Å². The third-order valence-electron chi connectivity index (χ3n) is 10.6. The van der Waals surface area contributed by atoms with Gasteiger partial charge < -0.3 is 14.7 Å². The van der Waals surface area contributed by atoms with Gasteiger partial charge in [-0.3, -0.25) is 4.79 Å². The monoisotopic (exact) mass is 610 g/mol. The average Bonchev–Trinajstić information content (AvgIpc) is 3.10. The first-order valence-electron chi connectivity index (χ1n) is 15.4. The number of aryl methyl sites for hydroxylation is 1. The van der Waals surface area contributed by atoms with Gasteiger partial charge in [-0.25, -0.2) is 13.1 Å². The highest BCUT2D eigenvalue weighted by atomic mass is 35.5. The normalized spacial score (nSPS) is 34.6. The molecule has 2 heterocycles. The molecular weight excluding hydrogens is 572 g/mol. The zero-order chi connectivity index (χ0) is 29.1. The van der Waals surface area contributed by atoms with Crippen molar-refractivity contribution in [2.24, 2.45) is 17.8 Å². The van der Waals surface area contributed by atoms with Crippen LogP contribution in [0.15, 0.2) is 48.6 Å². The lowest BCUT2D eigenvalue weighted by atomic mass is 9.68. The van der Waals surface area contributed by atoms with Crippen LogP contribution in [0.5, 0.6) is 5.75 Å². The fraction of sp³-hybridized carbons (Fsp3) is 0.545. The van der Waals surface area contributed by atoms with E-state index in [0.717, 1.165) is 62.2 Å². The van der Waals surface area contributed by atoms with Crippen molar-refractivity contribution < 1.29 is 23.1 Å². The van der Waals surface area contributed by atoms with Gasteiger partial charge in [0.15, 0.2) is 0 Å². The van der Waals surface area contributed by atoms with Crippen molar-refractivity contribution in [1.29, 1.82) is 0 Å². The summed E-state index contributed by atoms with van der Waals surface area (Å²) in [5, 5.41) is 11.4. The number of ether oxygens (including phenoxy) is 1. The number of benzene rings is 2. The molecule has 2 fully saturated rings. The third-order valence-corrected chi connectivity index (χ3v) is 12.6. The van der Waals surface area contributed by atoms with E-state index >= 15 is 0 Å². The second-order valence-electron chi connectivity index (χ2n) is 13.2. The van der Waals surface area contributed by atoms with Gasteiger partial charge in [-0.1, -0.05) is 36.2 Å². The topological polar surface area (TPSA) is 95.9 Å². The number of halogens is 1. The fourth-order valence-electron chi connectivity index (χ4n) is 8.13. The lowest BCUT2D eigenvalue weighted by Gasteiger charge is -2.45. The molecule has 4 bridgehead atoms. The second kappa shape index (κ2) is 10.9. The Balaban J connectivity index is 1.30. The van der Waals surface area contributed by atoms with Crippen LogP contribution >= 0.6 is 11.6 Å². The Bertz CT molecular complexity index is 1530. The second-order valence-corrected chi connectivity index (χ2v) is 15.6. The maximum absolute atomic E-state index is 13.4. The largest absolute Gasteiger partial charge is 0.490 e. The SMILES string of the molecule is O=C1NS(=O)(=O)[C@H]2CCCC(/C=C/[C@H](O)[C@@H]3CC[C@H]3CN3C[C@@]4(CCCc5cc(Cl)ccc54)COc4ccc1cc43)C2. The summed E-state index contributed by atoms with van der Waals surface area (Å²) in [4.78, 5) is 15.7. The van der Waals surface area contributed by atoms with Crippen molar-refractivity contribution in [2.75, 3.05) is 24.6 Å². The van der Waals surface area contributed by atoms with Gasteiger partial charge >= 0.3 is 0 Å². The van der Waals surface area contributed by atoms with Crippen LogP contribution in [-0.4, -0.2) is 50.5 Å². The van der Waals surface area contributed by atoms with Crippen LogP contribution in [0.1, 0.15) is 72.9 Å². The molecule has 1 amide bonds. The van der Waals surface area contributed by atoms with Crippen LogP contribution in [0.25, 0.3) is 0 Å². The van der Waals surface area contributed by atoms with Crippen LogP contribution in [-0.2, 0) is 21.9 Å². The predicted octanol–water partition coefficient (Wildman–Crippen LogP) is 5.39. The molecule has 42 heavy (non-hydrogen) atoms. The van der Waals surface area contributed by atoms with Crippen molar-refractivity contribution in [3.8, 4) is 5.75 Å². The molecule has 9 heteroatoms. The van der Waals surface area contributed by atoms with E-state index in [1.54, 1.807) is 12.1 Å². The summed E-state index contributed by atoms with van der Waals surface area (Å²) in [6, 6.07) is 11.5. The van der Waals surface area contributed by atoms with E-state index in [9.17, 15) is 18.3 Å². The van der Waals surface area contributed by atoms with Gasteiger partial charge in [0.25, 0.3) is 5.91 Å². The van der Waals surface area contributed by atoms with Crippen molar-refractivity contribution in [3.63, 3.8) is 0 Å². The maximum atomic E-state index is 13.4. The quantitative estimate of drug-likeness (QED) is 0.389. The van der Waals surface area contributed by atoms with Gasteiger partial charge in [0.2, 0.25) is 10.0 Å². The van der Waals surface area contributed by atoms with Gasteiger partial charge in [0.05, 0.1) is 23.6 Å². The summed E-state index contributed by atoms with van der Waals surface area (Å²) in [5.41, 5.74) is 3.39. The number of nitrogens with zero attached hydrogens (tertiary/aromatic N) is 1. The first kappa shape index (κ1) is 28.2. The number of sulfonamides is 1. The van der Waals surface area contributed by atoms with E-state index in [2.05, 4.69) is 21.8 Å². The number of carbonyl (C=O) groups excluding carboxylic acids is 1. The summed E-state index contributed by atoms with van der Waals surface area (Å²) >= 11 is 6.39. The zero-order valence-corrected chi connectivity index (χ0v) is 25.4. The zero-order valence-electron chi connectivity index (χ0n) is 23.8. The van der Waals surface area contributed by atoms with E-state index < -0.39 is 27.3 Å². The van der Waals surface area contributed by atoms with Crippen LogP contribution in [0, 0.1) is 17.8 Å². The Labute approximate surface area is 253 Å². The van der Waals surface area contributed by atoms with Crippen LogP contribution in [0.2, 0.25) is 5.02 Å². The smallest absolute Gasteiger partial charge is 0.264 e. The van der Waals surface area contributed by atoms with Crippen LogP contribution in [0.3, 0.4) is 0 Å². The minimum absolute atomic E-state index is 0.0740. The molecule has 1 spiro atoms. The molecule has 2 aliphatic heterocycles. The number of aliphatic hydroxyl groups excluding tert-OH is 1. The summed E-state index contributed by atoms with van der Waals surface area (Å²) in [7, 11) is -3.85. The summed E-state index contributed by atoms with van der Waals surface area (Å²) in [6.07, 6.45) is 11.0. The van der Waals surface area contributed by atoms with E-state index in [1.807, 2.05) is 24.3 Å². The van der Waals surface area contributed by atoms with E-state index in [4.69, 9.17) is 16.3 Å². The number of fused-ring (bicyclic) bond motifs is 6. The first-order chi connectivity index (χ1) is 20.2. The minimum Gasteiger partial charge on any atom is -0.490 e. The molecule has 0 radical (unpaired) electrons. The lowest BCUT2D eigenvalue weighted by Crippen LogP contribution is -2.49. The number of aliphatic hydroxyl groups is 1. The molecule has 0 aromatic heterocycles. The van der Waals surface area contributed by atoms with Gasteiger partial charge in [0.1, 0.15) is 5.75 Å². The molecule has 2 N–H and O–H groups in total. The molecule has 1 unspecified atom stereocenters. The van der Waals surface area contributed by atoms with Crippen LogP contribution in [0.4, 0.5) is 5.69 Å². The predicted molar refractivity (Wildman–Crippen MR) is 164 cm³/mol. The molecular formula is C33H39ClN2O5S. The number of hydrogen-bond donors (Lipinski definition) is 2. The van der Waals surface area contributed by atoms with E-state index in [1.165, 1.54) is 11.1 Å². The molecule has 0 saturated heterocycles. The Hall–Kier alpha value is -2.55. The number of hydrogen-bond acceptors (Lipinski definition) is 6. The lowest BCUT2D eigenvalue weighted by molar-refractivity contribution is 0.0453. The molecule has 2 aromatic carbocycles. The van der Waals surface area contributed by atoms with Gasteiger partial charge in [-0.15, -0.1) is 0 Å². The highest BCUT2D eigenvalue weighted by Crippen LogP contribution is 2.47. The van der Waals surface area contributed by atoms with Crippen molar-refractivity contribution in [2.45, 2.75) is 74.6 Å². The summed E-state index contributed by atoms with van der Waals surface area (Å²) < 4.78 is 35.6. The Morgan fingerprint density at radius 2 is 1.93 bits per heavy atom. The van der Waals surface area contributed by atoms with Crippen molar-refractivity contribution >= 4 is 33.2 Å². The molecule has 7 nitrogen and oxygen atoms in total. The van der Waals surface area contributed by atoms with E-state index in [0.29, 0.717) is 43.2 Å². The molecule has 6 atom stereocenters. The summed E-state index contributed by atoms with van der Waals surface area (Å²) in [6.45, 7) is 1.94. The molecule has 7 rings (SSSR count).